The van der Waals surface area contributed by atoms with Gasteiger partial charge in [0.25, 0.3) is 5.91 Å². The van der Waals surface area contributed by atoms with Gasteiger partial charge in [-0.15, -0.1) is 0 Å². The molecule has 1 aromatic heterocycles. The number of hydrogen-bond acceptors (Lipinski definition) is 2. The van der Waals surface area contributed by atoms with Gasteiger partial charge < -0.3 is 5.32 Å². The maximum absolute atomic E-state index is 12.9. The van der Waals surface area contributed by atoms with E-state index in [4.69, 9.17) is 23.2 Å². The minimum absolute atomic E-state index is 0.150. The highest BCUT2D eigenvalue weighted by Crippen LogP contribution is 2.26. The molecule has 0 saturated heterocycles. The van der Waals surface area contributed by atoms with Crippen LogP contribution >= 0.6 is 23.2 Å². The summed E-state index contributed by atoms with van der Waals surface area (Å²) in [5.74, 6) is -0.150. The third-order valence-electron chi connectivity index (χ3n) is 6.97. The highest BCUT2D eigenvalue weighted by molar-refractivity contribution is 6.30. The molecule has 3 rings (SSSR count). The molecule has 4 nitrogen and oxygen atoms in total. The van der Waals surface area contributed by atoms with Gasteiger partial charge >= 0.3 is 0 Å². The largest absolute Gasteiger partial charge is 0.351 e. The monoisotopic (exact) mass is 555 g/mol. The molecule has 0 radical (unpaired) electrons. The summed E-state index contributed by atoms with van der Waals surface area (Å²) < 4.78 is 1.78. The van der Waals surface area contributed by atoms with E-state index in [-0.39, 0.29) is 5.91 Å². The maximum atomic E-state index is 12.9. The predicted octanol–water partition coefficient (Wildman–Crippen LogP) is 10.1. The average Bonchev–Trinajstić information content (AvgIpc) is 3.37. The zero-order chi connectivity index (χ0) is 27.0. The van der Waals surface area contributed by atoms with E-state index in [1.54, 1.807) is 4.68 Å². The molecule has 1 N–H and O–H groups in total. The summed E-state index contributed by atoms with van der Waals surface area (Å²) in [6.45, 7) is 2.94. The Morgan fingerprint density at radius 3 is 1.71 bits per heavy atom. The smallest absolute Gasteiger partial charge is 0.271 e. The van der Waals surface area contributed by atoms with Crippen LogP contribution in [0.5, 0.6) is 0 Å². The molecule has 3 aromatic rings. The number of amides is 1. The lowest BCUT2D eigenvalue weighted by Crippen LogP contribution is -2.25. The van der Waals surface area contributed by atoms with Crippen LogP contribution in [-0.2, 0) is 0 Å². The van der Waals surface area contributed by atoms with Crippen molar-refractivity contribution in [2.75, 3.05) is 6.54 Å². The second-order valence-corrected chi connectivity index (χ2v) is 11.0. The van der Waals surface area contributed by atoms with E-state index in [1.807, 2.05) is 54.6 Å². The number of rotatable bonds is 18. The van der Waals surface area contributed by atoms with E-state index in [1.165, 1.54) is 77.0 Å². The van der Waals surface area contributed by atoms with Crippen LogP contribution in [-0.4, -0.2) is 22.2 Å². The molecule has 0 fully saturated rings. The van der Waals surface area contributed by atoms with Crippen molar-refractivity contribution in [2.24, 2.45) is 0 Å². The fourth-order valence-electron chi connectivity index (χ4n) is 4.71. The lowest BCUT2D eigenvalue weighted by Gasteiger charge is -2.08. The molecule has 0 aliphatic carbocycles. The van der Waals surface area contributed by atoms with Gasteiger partial charge in [0.1, 0.15) is 0 Å². The molecule has 6 heteroatoms. The molecular weight excluding hydrogens is 513 g/mol. The average molecular weight is 557 g/mol. The van der Waals surface area contributed by atoms with Crippen LogP contribution in [0, 0.1) is 0 Å². The van der Waals surface area contributed by atoms with Gasteiger partial charge in [0.2, 0.25) is 0 Å². The molecule has 0 atom stereocenters. The Labute approximate surface area is 239 Å². The zero-order valence-electron chi connectivity index (χ0n) is 22.9. The molecule has 1 heterocycles. The van der Waals surface area contributed by atoms with Crippen molar-refractivity contribution < 1.29 is 4.79 Å². The van der Waals surface area contributed by atoms with Gasteiger partial charge in [0, 0.05) is 22.2 Å². The van der Waals surface area contributed by atoms with Gasteiger partial charge in [-0.2, -0.15) is 5.10 Å². The SMILES string of the molecule is CCCCCCCCCCCCCCCCNC(=O)c1cc(-c2ccc(Cl)cc2)n(-c2ccc(Cl)cc2)n1. The normalized spacial score (nSPS) is 11.1. The van der Waals surface area contributed by atoms with Gasteiger partial charge in [-0.05, 0) is 48.9 Å². The van der Waals surface area contributed by atoms with Crippen molar-refractivity contribution in [1.29, 1.82) is 0 Å². The van der Waals surface area contributed by atoms with Crippen LogP contribution in [0.3, 0.4) is 0 Å². The van der Waals surface area contributed by atoms with Crippen LogP contribution < -0.4 is 5.32 Å². The number of nitrogens with one attached hydrogen (secondary N) is 1. The van der Waals surface area contributed by atoms with Crippen LogP contribution in [0.15, 0.2) is 54.6 Å². The van der Waals surface area contributed by atoms with E-state index in [0.29, 0.717) is 22.3 Å². The van der Waals surface area contributed by atoms with Crippen LogP contribution in [0.4, 0.5) is 0 Å². The Kier molecular flexibility index (Phi) is 13.8. The van der Waals surface area contributed by atoms with Gasteiger partial charge in [-0.25, -0.2) is 4.68 Å². The third-order valence-corrected chi connectivity index (χ3v) is 7.47. The second-order valence-electron chi connectivity index (χ2n) is 10.2. The molecule has 0 spiro atoms. The van der Waals surface area contributed by atoms with Gasteiger partial charge in [-0.1, -0.05) is 126 Å². The quantitative estimate of drug-likeness (QED) is 0.159. The van der Waals surface area contributed by atoms with E-state index in [0.717, 1.165) is 29.8 Å². The number of hydrogen-bond donors (Lipinski definition) is 1. The summed E-state index contributed by atoms with van der Waals surface area (Å²) in [6.07, 6.45) is 18.5. The van der Waals surface area contributed by atoms with Crippen LogP contribution in [0.2, 0.25) is 10.0 Å². The minimum Gasteiger partial charge on any atom is -0.351 e. The van der Waals surface area contributed by atoms with Crippen molar-refractivity contribution in [3.63, 3.8) is 0 Å². The molecule has 0 bridgehead atoms. The molecule has 206 valence electrons. The molecule has 0 aliphatic heterocycles. The molecule has 0 aliphatic rings. The summed E-state index contributed by atoms with van der Waals surface area (Å²) in [5, 5.41) is 8.99. The van der Waals surface area contributed by atoms with Crippen LogP contribution in [0.25, 0.3) is 16.9 Å². The summed E-state index contributed by atoms with van der Waals surface area (Å²) in [5.41, 5.74) is 2.99. The van der Waals surface area contributed by atoms with Gasteiger partial charge in [0.15, 0.2) is 5.69 Å². The Balaban J connectivity index is 1.38. The van der Waals surface area contributed by atoms with Crippen molar-refractivity contribution in [2.45, 2.75) is 96.8 Å². The Morgan fingerprint density at radius 1 is 0.711 bits per heavy atom. The summed E-state index contributed by atoms with van der Waals surface area (Å²) >= 11 is 12.2. The first-order chi connectivity index (χ1) is 18.6. The minimum atomic E-state index is -0.150. The fourth-order valence-corrected chi connectivity index (χ4v) is 4.96. The molecule has 0 unspecified atom stereocenters. The molecule has 38 heavy (non-hydrogen) atoms. The van der Waals surface area contributed by atoms with Crippen molar-refractivity contribution >= 4 is 29.1 Å². The van der Waals surface area contributed by atoms with E-state index in [9.17, 15) is 4.79 Å². The Hall–Kier alpha value is -2.30. The highest BCUT2D eigenvalue weighted by Gasteiger charge is 2.16. The zero-order valence-corrected chi connectivity index (χ0v) is 24.4. The number of unbranched alkanes of at least 4 members (excludes halogenated alkanes) is 13. The highest BCUT2D eigenvalue weighted by atomic mass is 35.5. The van der Waals surface area contributed by atoms with Crippen LogP contribution in [0.1, 0.15) is 107 Å². The number of aromatic nitrogens is 2. The number of carbonyl (C=O) groups is 1. The number of nitrogens with zero attached hydrogens (tertiary/aromatic N) is 2. The Morgan fingerprint density at radius 2 is 1.18 bits per heavy atom. The van der Waals surface area contributed by atoms with Crippen molar-refractivity contribution in [3.05, 3.63) is 70.3 Å². The first-order valence-corrected chi connectivity index (χ1v) is 15.2. The van der Waals surface area contributed by atoms with Crippen molar-refractivity contribution in [1.82, 2.24) is 15.1 Å². The lowest BCUT2D eigenvalue weighted by molar-refractivity contribution is 0.0947. The fraction of sp³-hybridized carbons (Fsp3) is 0.500. The summed E-state index contributed by atoms with van der Waals surface area (Å²) in [6, 6.07) is 16.8. The topological polar surface area (TPSA) is 46.9 Å². The number of halogens is 2. The standard InChI is InChI=1S/C32H43Cl2N3O/c1-2-3-4-5-6-7-8-9-10-11-12-13-14-15-24-35-32(38)30-25-31(26-16-18-27(33)19-17-26)37(36-30)29-22-20-28(34)21-23-29/h16-23,25H,2-15,24H2,1H3,(H,35,38). The maximum Gasteiger partial charge on any atom is 0.271 e. The summed E-state index contributed by atoms with van der Waals surface area (Å²) in [7, 11) is 0. The first kappa shape index (κ1) is 30.2. The molecule has 0 saturated carbocycles. The number of benzene rings is 2. The van der Waals surface area contributed by atoms with Gasteiger partial charge in [-0.3, -0.25) is 4.79 Å². The summed E-state index contributed by atoms with van der Waals surface area (Å²) in [4.78, 5) is 12.9. The predicted molar refractivity (Wildman–Crippen MR) is 162 cm³/mol. The Bertz CT molecular complexity index is 1010. The van der Waals surface area contributed by atoms with E-state index in [2.05, 4.69) is 17.3 Å². The molecule has 2 aromatic carbocycles. The van der Waals surface area contributed by atoms with Crippen molar-refractivity contribution in [3.8, 4) is 16.9 Å². The van der Waals surface area contributed by atoms with Gasteiger partial charge in [0.05, 0.1) is 11.4 Å². The second kappa shape index (κ2) is 17.3. The molecule has 1 amide bonds. The van der Waals surface area contributed by atoms with E-state index >= 15 is 0 Å². The molecular formula is C32H43Cl2N3O. The lowest BCUT2D eigenvalue weighted by atomic mass is 10.0. The third kappa shape index (κ3) is 10.5. The number of carbonyl (C=O) groups excluding carboxylic acids is 1. The first-order valence-electron chi connectivity index (χ1n) is 14.5. The van der Waals surface area contributed by atoms with E-state index < -0.39 is 0 Å².